The van der Waals surface area contributed by atoms with Crippen molar-refractivity contribution in [2.45, 2.75) is 19.9 Å². The molecule has 19 heavy (non-hydrogen) atoms. The zero-order valence-electron chi connectivity index (χ0n) is 12.0. The molecular formula is C15H23FN2O. The van der Waals surface area contributed by atoms with Crippen molar-refractivity contribution in [2.75, 3.05) is 40.0 Å². The Labute approximate surface area is 114 Å². The van der Waals surface area contributed by atoms with E-state index >= 15 is 0 Å². The number of halogens is 1. The second-order valence-corrected chi connectivity index (χ2v) is 5.14. The second-order valence-electron chi connectivity index (χ2n) is 5.14. The molecular weight excluding hydrogens is 243 g/mol. The molecule has 0 aliphatic carbocycles. The zero-order chi connectivity index (χ0) is 13.8. The van der Waals surface area contributed by atoms with Crippen LogP contribution in [0.5, 0.6) is 5.75 Å². The van der Waals surface area contributed by atoms with E-state index in [4.69, 9.17) is 4.74 Å². The first-order valence-electron chi connectivity index (χ1n) is 6.83. The minimum absolute atomic E-state index is 0.134. The third-order valence-corrected chi connectivity index (χ3v) is 3.81. The van der Waals surface area contributed by atoms with Gasteiger partial charge in [-0.1, -0.05) is 12.1 Å². The van der Waals surface area contributed by atoms with Crippen LogP contribution >= 0.6 is 0 Å². The van der Waals surface area contributed by atoms with Crippen molar-refractivity contribution in [3.63, 3.8) is 0 Å². The first-order chi connectivity index (χ1) is 9.17. The maximum absolute atomic E-state index is 13.5. The fourth-order valence-corrected chi connectivity index (χ4v) is 2.89. The van der Waals surface area contributed by atoms with Gasteiger partial charge in [0.15, 0.2) is 0 Å². The maximum Gasteiger partial charge on any atom is 0.124 e. The Bertz CT molecular complexity index is 407. The van der Waals surface area contributed by atoms with E-state index < -0.39 is 0 Å². The summed E-state index contributed by atoms with van der Waals surface area (Å²) in [6, 6.07) is 3.97. The van der Waals surface area contributed by atoms with Crippen molar-refractivity contribution in [1.29, 1.82) is 0 Å². The van der Waals surface area contributed by atoms with Gasteiger partial charge < -0.3 is 10.1 Å². The topological polar surface area (TPSA) is 24.5 Å². The molecule has 0 amide bonds. The number of rotatable bonds is 4. The van der Waals surface area contributed by atoms with Crippen molar-refractivity contribution >= 4 is 0 Å². The molecule has 0 unspecified atom stereocenters. The van der Waals surface area contributed by atoms with Gasteiger partial charge in [-0.05, 0) is 30.5 Å². The Hall–Kier alpha value is -1.13. The van der Waals surface area contributed by atoms with Crippen molar-refractivity contribution in [1.82, 2.24) is 10.2 Å². The number of hydrogen-bond donors (Lipinski definition) is 1. The summed E-state index contributed by atoms with van der Waals surface area (Å²) in [5.41, 5.74) is 3.21. The number of alkyl halides is 1. The van der Waals surface area contributed by atoms with Crippen LogP contribution < -0.4 is 10.1 Å². The second kappa shape index (κ2) is 6.35. The van der Waals surface area contributed by atoms with E-state index in [0.29, 0.717) is 0 Å². The lowest BCUT2D eigenvalue weighted by Crippen LogP contribution is -2.45. The van der Waals surface area contributed by atoms with Crippen molar-refractivity contribution in [3.8, 4) is 5.75 Å². The van der Waals surface area contributed by atoms with E-state index in [1.807, 2.05) is 13.8 Å². The van der Waals surface area contributed by atoms with Crippen LogP contribution in [0.15, 0.2) is 12.1 Å². The summed E-state index contributed by atoms with van der Waals surface area (Å²) < 4.78 is 18.9. The van der Waals surface area contributed by atoms with Gasteiger partial charge in [0.25, 0.3) is 0 Å². The Morgan fingerprint density at radius 1 is 1.26 bits per heavy atom. The number of nitrogens with one attached hydrogen (secondary N) is 1. The molecule has 0 aromatic heterocycles. The van der Waals surface area contributed by atoms with E-state index in [1.165, 1.54) is 0 Å². The number of aryl methyl sites for hydroxylation is 2. The lowest BCUT2D eigenvalue weighted by molar-refractivity contribution is 0.147. The minimum atomic E-state index is -0.342. The number of ether oxygens (including phenoxy) is 1. The molecule has 0 bridgehead atoms. The highest BCUT2D eigenvalue weighted by Gasteiger charge is 2.23. The van der Waals surface area contributed by atoms with E-state index in [1.54, 1.807) is 7.11 Å². The molecule has 1 N–H and O–H groups in total. The van der Waals surface area contributed by atoms with Gasteiger partial charge >= 0.3 is 0 Å². The fourth-order valence-electron chi connectivity index (χ4n) is 2.89. The highest BCUT2D eigenvalue weighted by Crippen LogP contribution is 2.30. The van der Waals surface area contributed by atoms with Gasteiger partial charge in [-0.25, -0.2) is 4.39 Å². The number of methoxy groups -OCH3 is 1. The van der Waals surface area contributed by atoms with E-state index in [9.17, 15) is 4.39 Å². The number of nitrogens with zero attached hydrogens (tertiary/aromatic N) is 1. The van der Waals surface area contributed by atoms with Gasteiger partial charge in [-0.2, -0.15) is 0 Å². The molecule has 4 heteroatoms. The molecule has 1 aliphatic heterocycles. The standard InChI is InChI=1S/C15H23FN2O/c1-11-8-13(9-12(2)15(11)19-3)14(10-16)18-6-4-17-5-7-18/h8-9,14,17H,4-7,10H2,1-3H3/t14-/m0/s1. The van der Waals surface area contributed by atoms with Gasteiger partial charge in [0.05, 0.1) is 13.2 Å². The Morgan fingerprint density at radius 2 is 1.84 bits per heavy atom. The van der Waals surface area contributed by atoms with E-state index in [2.05, 4.69) is 22.3 Å². The normalized spacial score (nSPS) is 18.3. The molecule has 106 valence electrons. The third-order valence-electron chi connectivity index (χ3n) is 3.81. The largest absolute Gasteiger partial charge is 0.496 e. The first-order valence-corrected chi connectivity index (χ1v) is 6.83. The van der Waals surface area contributed by atoms with Crippen molar-refractivity contribution in [2.24, 2.45) is 0 Å². The first kappa shape index (κ1) is 14.3. The third kappa shape index (κ3) is 3.07. The Balaban J connectivity index is 2.27. The van der Waals surface area contributed by atoms with Crippen LogP contribution in [0.1, 0.15) is 22.7 Å². The van der Waals surface area contributed by atoms with Crippen LogP contribution in [0, 0.1) is 13.8 Å². The molecule has 1 aromatic rings. The molecule has 1 fully saturated rings. The molecule has 1 aromatic carbocycles. The molecule has 1 heterocycles. The fraction of sp³-hybridized carbons (Fsp3) is 0.600. The summed E-state index contributed by atoms with van der Waals surface area (Å²) >= 11 is 0. The predicted molar refractivity (Wildman–Crippen MR) is 75.6 cm³/mol. The monoisotopic (exact) mass is 266 g/mol. The molecule has 0 radical (unpaired) electrons. The van der Waals surface area contributed by atoms with Crippen LogP contribution in [0.25, 0.3) is 0 Å². The van der Waals surface area contributed by atoms with Crippen LogP contribution in [-0.2, 0) is 0 Å². The van der Waals surface area contributed by atoms with Gasteiger partial charge in [-0.3, -0.25) is 4.90 Å². The number of hydrogen-bond acceptors (Lipinski definition) is 3. The summed E-state index contributed by atoms with van der Waals surface area (Å²) in [5.74, 6) is 0.904. The summed E-state index contributed by atoms with van der Waals surface area (Å²) in [4.78, 5) is 2.22. The summed E-state index contributed by atoms with van der Waals surface area (Å²) in [6.07, 6.45) is 0. The van der Waals surface area contributed by atoms with Crippen LogP contribution in [0.4, 0.5) is 4.39 Å². The predicted octanol–water partition coefficient (Wildman–Crippen LogP) is 2.23. The zero-order valence-corrected chi connectivity index (χ0v) is 12.0. The summed E-state index contributed by atoms with van der Waals surface area (Å²) in [5, 5.41) is 3.30. The van der Waals surface area contributed by atoms with Gasteiger partial charge in [-0.15, -0.1) is 0 Å². The molecule has 0 saturated carbocycles. The quantitative estimate of drug-likeness (QED) is 0.904. The average molecular weight is 266 g/mol. The number of piperazine rings is 1. The summed E-state index contributed by atoms with van der Waals surface area (Å²) in [6.45, 7) is 7.36. The molecule has 2 rings (SSSR count). The maximum atomic E-state index is 13.5. The average Bonchev–Trinajstić information content (AvgIpc) is 2.40. The SMILES string of the molecule is COc1c(C)cc([C@H](CF)N2CCNCC2)cc1C. The smallest absolute Gasteiger partial charge is 0.124 e. The van der Waals surface area contributed by atoms with Crippen molar-refractivity contribution in [3.05, 3.63) is 28.8 Å². The van der Waals surface area contributed by atoms with Gasteiger partial charge in [0.1, 0.15) is 12.4 Å². The highest BCUT2D eigenvalue weighted by atomic mass is 19.1. The van der Waals surface area contributed by atoms with Crippen LogP contribution in [-0.4, -0.2) is 44.9 Å². The number of benzene rings is 1. The lowest BCUT2D eigenvalue weighted by atomic mass is 9.99. The Kier molecular flexibility index (Phi) is 4.77. The van der Waals surface area contributed by atoms with Crippen LogP contribution in [0.3, 0.4) is 0 Å². The minimum Gasteiger partial charge on any atom is -0.496 e. The van der Waals surface area contributed by atoms with Gasteiger partial charge in [0, 0.05) is 26.2 Å². The molecule has 1 atom stereocenters. The van der Waals surface area contributed by atoms with E-state index in [0.717, 1.165) is 48.6 Å². The molecule has 3 nitrogen and oxygen atoms in total. The van der Waals surface area contributed by atoms with Gasteiger partial charge in [0.2, 0.25) is 0 Å². The van der Waals surface area contributed by atoms with E-state index in [-0.39, 0.29) is 12.7 Å². The van der Waals surface area contributed by atoms with Crippen LogP contribution in [0.2, 0.25) is 0 Å². The molecule has 0 spiro atoms. The summed E-state index contributed by atoms with van der Waals surface area (Å²) in [7, 11) is 1.68. The molecule has 1 aliphatic rings. The molecule has 1 saturated heterocycles. The highest BCUT2D eigenvalue weighted by molar-refractivity contribution is 5.44. The Morgan fingerprint density at radius 3 is 2.32 bits per heavy atom. The van der Waals surface area contributed by atoms with Crippen molar-refractivity contribution < 1.29 is 9.13 Å². The lowest BCUT2D eigenvalue weighted by Gasteiger charge is -2.34.